The molecule has 0 aliphatic carbocycles. The molecule has 1 amide bonds. The standard InChI is InChI=1S/C11H12Cl2N2O2/c1-6-2-3-9(17-6)11(16)15-8-5-14-4-7(12)10(8)13/h4-6,9H,2-3H2,1H3,(H,15,16). The summed E-state index contributed by atoms with van der Waals surface area (Å²) in [4.78, 5) is 15.7. The number of hydrogen-bond acceptors (Lipinski definition) is 3. The molecule has 0 radical (unpaired) electrons. The summed E-state index contributed by atoms with van der Waals surface area (Å²) >= 11 is 11.7. The van der Waals surface area contributed by atoms with Crippen LogP contribution in [0.25, 0.3) is 0 Å². The van der Waals surface area contributed by atoms with E-state index in [1.54, 1.807) is 0 Å². The fourth-order valence-corrected chi connectivity index (χ4v) is 2.02. The third-order valence-corrected chi connectivity index (χ3v) is 3.41. The van der Waals surface area contributed by atoms with Gasteiger partial charge >= 0.3 is 0 Å². The lowest BCUT2D eigenvalue weighted by Crippen LogP contribution is -2.27. The molecule has 4 nitrogen and oxygen atoms in total. The lowest BCUT2D eigenvalue weighted by atomic mass is 10.2. The van der Waals surface area contributed by atoms with E-state index in [4.69, 9.17) is 27.9 Å². The Labute approximate surface area is 109 Å². The van der Waals surface area contributed by atoms with Crippen LogP contribution in [-0.2, 0) is 9.53 Å². The van der Waals surface area contributed by atoms with Crippen molar-refractivity contribution in [2.24, 2.45) is 0 Å². The van der Waals surface area contributed by atoms with E-state index in [-0.39, 0.29) is 12.0 Å². The van der Waals surface area contributed by atoms with Crippen LogP contribution in [-0.4, -0.2) is 23.1 Å². The number of rotatable bonds is 2. The Balaban J connectivity index is 2.06. The summed E-state index contributed by atoms with van der Waals surface area (Å²) in [6, 6.07) is 0. The van der Waals surface area contributed by atoms with Crippen LogP contribution in [0, 0.1) is 0 Å². The molecule has 1 fully saturated rings. The van der Waals surface area contributed by atoms with Gasteiger partial charge in [0.05, 0.1) is 28.0 Å². The number of anilines is 1. The van der Waals surface area contributed by atoms with Crippen molar-refractivity contribution in [1.29, 1.82) is 0 Å². The lowest BCUT2D eigenvalue weighted by Gasteiger charge is -2.12. The molecule has 1 aromatic heterocycles. The van der Waals surface area contributed by atoms with Crippen LogP contribution in [0.15, 0.2) is 12.4 Å². The zero-order chi connectivity index (χ0) is 12.4. The zero-order valence-corrected chi connectivity index (χ0v) is 10.8. The fraction of sp³-hybridized carbons (Fsp3) is 0.455. The molecular formula is C11H12Cl2N2O2. The Morgan fingerprint density at radius 2 is 2.24 bits per heavy atom. The third-order valence-electron chi connectivity index (χ3n) is 2.62. The van der Waals surface area contributed by atoms with Crippen LogP contribution < -0.4 is 5.32 Å². The first-order chi connectivity index (χ1) is 8.08. The van der Waals surface area contributed by atoms with Gasteiger partial charge in [-0.15, -0.1) is 0 Å². The van der Waals surface area contributed by atoms with Crippen LogP contribution >= 0.6 is 23.2 Å². The molecule has 2 unspecified atom stereocenters. The number of carbonyl (C=O) groups excluding carboxylic acids is 1. The molecule has 92 valence electrons. The molecule has 6 heteroatoms. The molecule has 0 bridgehead atoms. The minimum atomic E-state index is -0.417. The summed E-state index contributed by atoms with van der Waals surface area (Å²) in [6.45, 7) is 1.95. The van der Waals surface area contributed by atoms with Crippen LogP contribution in [0.5, 0.6) is 0 Å². The van der Waals surface area contributed by atoms with E-state index in [2.05, 4.69) is 10.3 Å². The first kappa shape index (κ1) is 12.6. The summed E-state index contributed by atoms with van der Waals surface area (Å²) in [7, 11) is 0. The Morgan fingerprint density at radius 1 is 1.47 bits per heavy atom. The number of halogens is 2. The van der Waals surface area contributed by atoms with Crippen LogP contribution in [0.1, 0.15) is 19.8 Å². The first-order valence-electron chi connectivity index (χ1n) is 5.33. The summed E-state index contributed by atoms with van der Waals surface area (Å²) in [5.41, 5.74) is 0.410. The second kappa shape index (κ2) is 5.21. The van der Waals surface area contributed by atoms with Gasteiger partial charge in [-0.25, -0.2) is 0 Å². The highest BCUT2D eigenvalue weighted by molar-refractivity contribution is 6.43. The topological polar surface area (TPSA) is 51.2 Å². The monoisotopic (exact) mass is 274 g/mol. The van der Waals surface area contributed by atoms with E-state index in [0.717, 1.165) is 12.8 Å². The van der Waals surface area contributed by atoms with Crippen LogP contribution in [0.2, 0.25) is 10.0 Å². The molecule has 1 aliphatic rings. The van der Waals surface area contributed by atoms with E-state index in [1.807, 2.05) is 6.92 Å². The number of carbonyl (C=O) groups is 1. The van der Waals surface area contributed by atoms with Crippen LogP contribution in [0.4, 0.5) is 5.69 Å². The Bertz CT molecular complexity index is 439. The first-order valence-corrected chi connectivity index (χ1v) is 6.09. The molecule has 0 aromatic carbocycles. The normalized spacial score (nSPS) is 23.7. The Kier molecular flexibility index (Phi) is 3.86. The van der Waals surface area contributed by atoms with Gasteiger partial charge in [-0.2, -0.15) is 0 Å². The van der Waals surface area contributed by atoms with Gasteiger partial charge in [0.1, 0.15) is 6.10 Å². The third kappa shape index (κ3) is 2.89. The summed E-state index contributed by atoms with van der Waals surface area (Å²) < 4.78 is 5.46. The van der Waals surface area contributed by atoms with Crippen molar-refractivity contribution in [3.63, 3.8) is 0 Å². The van der Waals surface area contributed by atoms with E-state index in [1.165, 1.54) is 12.4 Å². The average molecular weight is 275 g/mol. The maximum atomic E-state index is 11.9. The van der Waals surface area contributed by atoms with Gasteiger partial charge < -0.3 is 10.1 Å². The SMILES string of the molecule is CC1CCC(C(=O)Nc2cncc(Cl)c2Cl)O1. The molecule has 0 saturated carbocycles. The van der Waals surface area contributed by atoms with Gasteiger partial charge in [0.2, 0.25) is 0 Å². The fourth-order valence-electron chi connectivity index (χ4n) is 1.72. The van der Waals surface area contributed by atoms with Gasteiger partial charge in [-0.1, -0.05) is 23.2 Å². The molecule has 0 spiro atoms. The molecule has 1 saturated heterocycles. The zero-order valence-electron chi connectivity index (χ0n) is 9.24. The van der Waals surface area contributed by atoms with E-state index in [9.17, 15) is 4.79 Å². The minimum absolute atomic E-state index is 0.124. The molecule has 2 atom stereocenters. The van der Waals surface area contributed by atoms with Crippen molar-refractivity contribution in [1.82, 2.24) is 4.98 Å². The van der Waals surface area contributed by atoms with Gasteiger partial charge in [0, 0.05) is 6.20 Å². The summed E-state index contributed by atoms with van der Waals surface area (Å²) in [6.07, 6.45) is 4.20. The van der Waals surface area contributed by atoms with Crippen LogP contribution in [0.3, 0.4) is 0 Å². The minimum Gasteiger partial charge on any atom is -0.365 e. The van der Waals surface area contributed by atoms with E-state index < -0.39 is 6.10 Å². The molecule has 2 rings (SSSR count). The van der Waals surface area contributed by atoms with Crippen molar-refractivity contribution in [2.45, 2.75) is 32.0 Å². The predicted molar refractivity (Wildman–Crippen MR) is 66.5 cm³/mol. The van der Waals surface area contributed by atoms with Crippen molar-refractivity contribution in [3.8, 4) is 0 Å². The molecule has 1 aromatic rings. The van der Waals surface area contributed by atoms with E-state index >= 15 is 0 Å². The Hall–Kier alpha value is -0.840. The molecule has 1 aliphatic heterocycles. The van der Waals surface area contributed by atoms with Crippen molar-refractivity contribution in [3.05, 3.63) is 22.4 Å². The van der Waals surface area contributed by atoms with Gasteiger partial charge in [0.15, 0.2) is 0 Å². The number of aromatic nitrogens is 1. The highest BCUT2D eigenvalue weighted by Crippen LogP contribution is 2.29. The predicted octanol–water partition coefficient (Wildman–Crippen LogP) is 2.89. The average Bonchev–Trinajstić information content (AvgIpc) is 2.72. The maximum absolute atomic E-state index is 11.9. The Morgan fingerprint density at radius 3 is 2.88 bits per heavy atom. The quantitative estimate of drug-likeness (QED) is 0.902. The molecule has 2 heterocycles. The summed E-state index contributed by atoms with van der Waals surface area (Å²) in [5, 5.41) is 3.27. The van der Waals surface area contributed by atoms with Crippen molar-refractivity contribution in [2.75, 3.05) is 5.32 Å². The number of amides is 1. The summed E-state index contributed by atoms with van der Waals surface area (Å²) in [5.74, 6) is -0.208. The lowest BCUT2D eigenvalue weighted by molar-refractivity contribution is -0.126. The van der Waals surface area contributed by atoms with Gasteiger partial charge in [0.25, 0.3) is 5.91 Å². The smallest absolute Gasteiger partial charge is 0.253 e. The second-order valence-electron chi connectivity index (χ2n) is 3.98. The molecular weight excluding hydrogens is 263 g/mol. The highest BCUT2D eigenvalue weighted by atomic mass is 35.5. The number of hydrogen-bond donors (Lipinski definition) is 1. The number of pyridine rings is 1. The van der Waals surface area contributed by atoms with Gasteiger partial charge in [-0.3, -0.25) is 9.78 Å². The number of nitrogens with zero attached hydrogens (tertiary/aromatic N) is 1. The largest absolute Gasteiger partial charge is 0.365 e. The highest BCUT2D eigenvalue weighted by Gasteiger charge is 2.28. The molecule has 17 heavy (non-hydrogen) atoms. The molecule has 1 N–H and O–H groups in total. The maximum Gasteiger partial charge on any atom is 0.253 e. The van der Waals surface area contributed by atoms with Crippen molar-refractivity contribution < 1.29 is 9.53 Å². The van der Waals surface area contributed by atoms with E-state index in [0.29, 0.717) is 15.7 Å². The second-order valence-corrected chi connectivity index (χ2v) is 4.77. The van der Waals surface area contributed by atoms with Gasteiger partial charge in [-0.05, 0) is 19.8 Å². The van der Waals surface area contributed by atoms with Crippen molar-refractivity contribution >= 4 is 34.8 Å². The number of nitrogens with one attached hydrogen (secondary N) is 1. The number of ether oxygens (including phenoxy) is 1.